The number of aromatic amines is 1. The monoisotopic (exact) mass is 420 g/mol. The van der Waals surface area contributed by atoms with Crippen LogP contribution in [-0.2, 0) is 13.0 Å². The number of hydrogen-bond donors (Lipinski definition) is 3. The Kier molecular flexibility index (Phi) is 6.31. The zero-order valence-electron chi connectivity index (χ0n) is 16.7. The maximum atomic E-state index is 12.1. The van der Waals surface area contributed by atoms with Gasteiger partial charge in [-0.1, -0.05) is 24.6 Å². The molecular weight excluding hydrogens is 400 g/mol. The predicted octanol–water partition coefficient (Wildman–Crippen LogP) is 2.89. The van der Waals surface area contributed by atoms with Gasteiger partial charge in [-0.25, -0.2) is 5.10 Å². The van der Waals surface area contributed by atoms with Crippen molar-refractivity contribution in [3.63, 3.8) is 0 Å². The minimum Gasteiger partial charge on any atom is -0.404 e. The van der Waals surface area contributed by atoms with Gasteiger partial charge in [0.15, 0.2) is 0 Å². The van der Waals surface area contributed by atoms with Crippen LogP contribution < -0.4 is 17.0 Å². The molecule has 30 heavy (non-hydrogen) atoms. The Balaban J connectivity index is 2.25. The maximum absolute atomic E-state index is 12.1. The van der Waals surface area contributed by atoms with Crippen molar-refractivity contribution in [3.8, 4) is 6.07 Å². The van der Waals surface area contributed by atoms with Crippen molar-refractivity contribution in [1.82, 2.24) is 10.2 Å². The average Bonchev–Trinajstić information content (AvgIpc) is 2.76. The van der Waals surface area contributed by atoms with Gasteiger partial charge in [0.25, 0.3) is 5.56 Å². The molecule has 1 aromatic heterocycles. The molecular formula is C22H21ClN6O. The van der Waals surface area contributed by atoms with Gasteiger partial charge < -0.3 is 11.5 Å². The number of hydrogen-bond acceptors (Lipinski definition) is 6. The van der Waals surface area contributed by atoms with E-state index in [9.17, 15) is 10.1 Å². The Hall–Kier alpha value is -3.47. The Labute approximate surface area is 178 Å². The smallest absolute Gasteiger partial charge is 0.272 e. The summed E-state index contributed by atoms with van der Waals surface area (Å²) in [5.74, 6) is 0. The summed E-state index contributed by atoms with van der Waals surface area (Å²) >= 11 is 6.31. The van der Waals surface area contributed by atoms with Crippen LogP contribution in [-0.4, -0.2) is 23.0 Å². The van der Waals surface area contributed by atoms with Crippen molar-refractivity contribution in [2.45, 2.75) is 19.9 Å². The molecule has 0 radical (unpaired) electrons. The third kappa shape index (κ3) is 3.71. The zero-order chi connectivity index (χ0) is 21.8. The fourth-order valence-electron chi connectivity index (χ4n) is 3.50. The molecule has 0 fully saturated rings. The summed E-state index contributed by atoms with van der Waals surface area (Å²) in [6, 6.07) is 11.0. The first kappa shape index (κ1) is 21.2. The van der Waals surface area contributed by atoms with E-state index in [1.807, 2.05) is 6.92 Å². The molecule has 7 nitrogen and oxygen atoms in total. The van der Waals surface area contributed by atoms with Crippen molar-refractivity contribution in [3.05, 3.63) is 79.9 Å². The molecule has 5 N–H and O–H groups in total. The molecule has 8 heteroatoms. The quantitative estimate of drug-likeness (QED) is 0.545. The molecule has 0 spiro atoms. The maximum Gasteiger partial charge on any atom is 0.272 e. The molecule has 0 aliphatic heterocycles. The first-order chi connectivity index (χ1) is 14.5. The number of rotatable bonds is 5. The van der Waals surface area contributed by atoms with E-state index in [4.69, 9.17) is 23.1 Å². The highest BCUT2D eigenvalue weighted by atomic mass is 35.5. The number of aryl methyl sites for hydroxylation is 1. The Morgan fingerprint density at radius 1 is 1.33 bits per heavy atom. The molecule has 0 aliphatic rings. The van der Waals surface area contributed by atoms with E-state index < -0.39 is 0 Å². The third-order valence-electron chi connectivity index (χ3n) is 4.95. The number of nitriles is 1. The number of nitrogens with zero attached hydrogens (tertiary/aromatic N) is 3. The molecule has 0 atom stereocenters. The van der Waals surface area contributed by atoms with Crippen molar-refractivity contribution in [2.24, 2.45) is 16.5 Å². The van der Waals surface area contributed by atoms with Gasteiger partial charge in [-0.3, -0.25) is 9.79 Å². The molecule has 3 aromatic rings. The molecule has 0 saturated carbocycles. The van der Waals surface area contributed by atoms with Gasteiger partial charge >= 0.3 is 0 Å². The van der Waals surface area contributed by atoms with Crippen LogP contribution in [0.2, 0.25) is 5.02 Å². The average molecular weight is 421 g/mol. The van der Waals surface area contributed by atoms with Gasteiger partial charge in [0.1, 0.15) is 6.07 Å². The summed E-state index contributed by atoms with van der Waals surface area (Å²) < 4.78 is 0. The SMILES string of the molecule is CCc1cc(Cl)cc(C(=NC)/C(=C\N)c2ccc3c(=O)[nH]nc(CN)c3c2)c1C#N. The topological polar surface area (TPSA) is 134 Å². The second kappa shape index (κ2) is 8.91. The number of nitrogens with two attached hydrogens (primary N) is 2. The second-order valence-corrected chi connectivity index (χ2v) is 7.01. The van der Waals surface area contributed by atoms with E-state index in [0.29, 0.717) is 50.3 Å². The summed E-state index contributed by atoms with van der Waals surface area (Å²) in [4.78, 5) is 16.5. The first-order valence-corrected chi connectivity index (χ1v) is 9.70. The molecule has 2 aromatic carbocycles. The van der Waals surface area contributed by atoms with Crippen LogP contribution in [0.15, 0.2) is 46.3 Å². The first-order valence-electron chi connectivity index (χ1n) is 9.32. The van der Waals surface area contributed by atoms with Crippen LogP contribution in [0.5, 0.6) is 0 Å². The minimum atomic E-state index is -0.300. The number of allylic oxidation sites excluding steroid dienone is 1. The van der Waals surface area contributed by atoms with Gasteiger partial charge in [-0.15, -0.1) is 0 Å². The van der Waals surface area contributed by atoms with E-state index in [2.05, 4.69) is 21.3 Å². The fourth-order valence-corrected chi connectivity index (χ4v) is 3.74. The number of benzene rings is 2. The lowest BCUT2D eigenvalue weighted by Gasteiger charge is -2.15. The van der Waals surface area contributed by atoms with Gasteiger partial charge in [0.2, 0.25) is 0 Å². The standard InChI is InChI=1S/C22H21ClN6O/c1-3-12-6-14(23)8-17(18(12)9-24)21(27-2)19(10-25)13-4-5-15-16(7-13)20(11-26)28-29-22(15)30/h4-8,10H,3,11,25-26H2,1-2H3,(H,29,30)/b19-10-,27-21?. The van der Waals surface area contributed by atoms with Gasteiger partial charge in [0.05, 0.1) is 22.4 Å². The number of halogens is 1. The Morgan fingerprint density at radius 2 is 2.10 bits per heavy atom. The lowest BCUT2D eigenvalue weighted by atomic mass is 9.90. The van der Waals surface area contributed by atoms with Gasteiger partial charge in [0, 0.05) is 41.3 Å². The molecule has 152 valence electrons. The zero-order valence-corrected chi connectivity index (χ0v) is 17.4. The summed E-state index contributed by atoms with van der Waals surface area (Å²) in [6.45, 7) is 2.13. The predicted molar refractivity (Wildman–Crippen MR) is 120 cm³/mol. The van der Waals surface area contributed by atoms with Crippen molar-refractivity contribution in [2.75, 3.05) is 7.05 Å². The Morgan fingerprint density at radius 3 is 2.70 bits per heavy atom. The highest BCUT2D eigenvalue weighted by Crippen LogP contribution is 2.29. The second-order valence-electron chi connectivity index (χ2n) is 6.57. The van der Waals surface area contributed by atoms with Gasteiger partial charge in [-0.2, -0.15) is 10.4 Å². The molecule has 0 saturated heterocycles. The number of nitrogens with one attached hydrogen (secondary N) is 1. The fraction of sp³-hybridized carbons (Fsp3) is 0.182. The molecule has 0 amide bonds. The molecule has 3 rings (SSSR count). The normalized spacial score (nSPS) is 12.2. The highest BCUT2D eigenvalue weighted by Gasteiger charge is 2.19. The summed E-state index contributed by atoms with van der Waals surface area (Å²) in [5.41, 5.74) is 15.8. The van der Waals surface area contributed by atoms with Crippen LogP contribution in [0.3, 0.4) is 0 Å². The van der Waals surface area contributed by atoms with E-state index >= 15 is 0 Å². The van der Waals surface area contributed by atoms with Crippen molar-refractivity contribution >= 4 is 33.7 Å². The number of aliphatic imine (C=N–C) groups is 1. The Bertz CT molecular complexity index is 1280. The van der Waals surface area contributed by atoms with E-state index in [1.54, 1.807) is 37.4 Å². The number of aromatic nitrogens is 2. The largest absolute Gasteiger partial charge is 0.404 e. The van der Waals surface area contributed by atoms with Crippen LogP contribution in [0.1, 0.15) is 34.9 Å². The number of H-pyrrole nitrogens is 1. The van der Waals surface area contributed by atoms with Crippen LogP contribution in [0.25, 0.3) is 16.3 Å². The van der Waals surface area contributed by atoms with E-state index in [-0.39, 0.29) is 12.1 Å². The van der Waals surface area contributed by atoms with Crippen molar-refractivity contribution < 1.29 is 0 Å². The van der Waals surface area contributed by atoms with Crippen LogP contribution in [0, 0.1) is 11.3 Å². The highest BCUT2D eigenvalue weighted by molar-refractivity contribution is 6.35. The third-order valence-corrected chi connectivity index (χ3v) is 5.17. The lowest BCUT2D eigenvalue weighted by Crippen LogP contribution is -2.14. The molecule has 1 heterocycles. The molecule has 0 unspecified atom stereocenters. The van der Waals surface area contributed by atoms with E-state index in [1.165, 1.54) is 6.20 Å². The summed E-state index contributed by atoms with van der Waals surface area (Å²) in [7, 11) is 1.63. The minimum absolute atomic E-state index is 0.167. The molecule has 0 bridgehead atoms. The summed E-state index contributed by atoms with van der Waals surface area (Å²) in [6.07, 6.45) is 2.08. The van der Waals surface area contributed by atoms with E-state index in [0.717, 1.165) is 11.1 Å². The van der Waals surface area contributed by atoms with Gasteiger partial charge in [-0.05, 0) is 41.8 Å². The van der Waals surface area contributed by atoms with Crippen LogP contribution in [0.4, 0.5) is 0 Å². The molecule has 0 aliphatic carbocycles. The summed E-state index contributed by atoms with van der Waals surface area (Å²) in [5, 5.41) is 17.9. The lowest BCUT2D eigenvalue weighted by molar-refractivity contribution is 0.900. The van der Waals surface area contributed by atoms with Crippen LogP contribution >= 0.6 is 11.6 Å². The van der Waals surface area contributed by atoms with Crippen molar-refractivity contribution in [1.29, 1.82) is 5.26 Å². The number of fused-ring (bicyclic) bond motifs is 1.